The molecule has 1 aliphatic rings. The van der Waals surface area contributed by atoms with E-state index in [0.717, 1.165) is 43.9 Å². The minimum Gasteiger partial charge on any atom is -0.443 e. The van der Waals surface area contributed by atoms with Gasteiger partial charge in [-0.1, -0.05) is 27.7 Å². The Hall–Kier alpha value is -1.56. The fraction of sp³-hybridized carbons (Fsp3) is 0.778. The molecule has 2 rings (SSSR count). The molecule has 1 aromatic rings. The summed E-state index contributed by atoms with van der Waals surface area (Å²) in [5.41, 5.74) is -0.0237. The van der Waals surface area contributed by atoms with Crippen LogP contribution in [0, 0.1) is 0 Å². The summed E-state index contributed by atoms with van der Waals surface area (Å²) in [7, 11) is 0. The zero-order valence-corrected chi connectivity index (χ0v) is 15.9. The molecule has 136 valence electrons. The minimum atomic E-state index is -0.0237. The van der Waals surface area contributed by atoms with E-state index in [1.165, 1.54) is 12.8 Å². The molecular formula is C18H33N5O. The van der Waals surface area contributed by atoms with E-state index in [1.807, 2.05) is 0 Å². The quantitative estimate of drug-likeness (QED) is 0.564. The molecule has 6 heteroatoms. The van der Waals surface area contributed by atoms with Crippen molar-refractivity contribution in [3.8, 4) is 0 Å². The lowest BCUT2D eigenvalue weighted by Crippen LogP contribution is -2.42. The highest BCUT2D eigenvalue weighted by atomic mass is 16.4. The molecule has 0 atom stereocenters. The highest BCUT2D eigenvalue weighted by Crippen LogP contribution is 2.25. The standard InChI is InChI=1S/C18H33N5O/c1-6-19-17(20-10-11-23(7-2)14-8-9-14)22-13-16-21-12-15(24-16)18(3,4)5/h12,14H,6-11,13H2,1-5H3,(H2,19,20,22). The van der Waals surface area contributed by atoms with Crippen molar-refractivity contribution < 1.29 is 4.42 Å². The largest absolute Gasteiger partial charge is 0.443 e. The van der Waals surface area contributed by atoms with Crippen molar-refractivity contribution in [1.29, 1.82) is 0 Å². The Morgan fingerprint density at radius 2 is 2.08 bits per heavy atom. The van der Waals surface area contributed by atoms with E-state index in [4.69, 9.17) is 4.42 Å². The van der Waals surface area contributed by atoms with E-state index in [0.29, 0.717) is 12.4 Å². The average Bonchev–Trinajstić information content (AvgIpc) is 3.24. The number of aromatic nitrogens is 1. The van der Waals surface area contributed by atoms with Gasteiger partial charge in [0, 0.05) is 31.1 Å². The molecule has 0 aromatic carbocycles. The number of guanidine groups is 1. The molecule has 2 N–H and O–H groups in total. The smallest absolute Gasteiger partial charge is 0.216 e. The number of aliphatic imine (C=N–C) groups is 1. The predicted molar refractivity (Wildman–Crippen MR) is 98.3 cm³/mol. The fourth-order valence-electron chi connectivity index (χ4n) is 2.58. The molecule has 0 saturated heterocycles. The first-order chi connectivity index (χ1) is 11.4. The summed E-state index contributed by atoms with van der Waals surface area (Å²) in [6, 6.07) is 0.805. The van der Waals surface area contributed by atoms with Gasteiger partial charge < -0.3 is 15.1 Å². The molecule has 0 spiro atoms. The SMILES string of the molecule is CCNC(=NCc1ncc(C(C)(C)C)o1)NCCN(CC)C1CC1. The molecule has 1 fully saturated rings. The molecule has 24 heavy (non-hydrogen) atoms. The Kier molecular flexibility index (Phi) is 6.66. The number of hydrogen-bond acceptors (Lipinski definition) is 4. The molecule has 0 amide bonds. The van der Waals surface area contributed by atoms with E-state index < -0.39 is 0 Å². The van der Waals surface area contributed by atoms with Crippen molar-refractivity contribution in [1.82, 2.24) is 20.5 Å². The molecular weight excluding hydrogens is 302 g/mol. The Labute approximate surface area is 146 Å². The number of nitrogens with one attached hydrogen (secondary N) is 2. The first kappa shape index (κ1) is 18.8. The summed E-state index contributed by atoms with van der Waals surface area (Å²) in [6.07, 6.45) is 4.50. The highest BCUT2D eigenvalue weighted by molar-refractivity contribution is 5.79. The summed E-state index contributed by atoms with van der Waals surface area (Å²) < 4.78 is 5.79. The van der Waals surface area contributed by atoms with Crippen molar-refractivity contribution in [2.45, 2.75) is 65.5 Å². The van der Waals surface area contributed by atoms with Crippen LogP contribution in [0.1, 0.15) is 59.1 Å². The van der Waals surface area contributed by atoms with Gasteiger partial charge in [0.15, 0.2) is 5.96 Å². The number of rotatable bonds is 8. The Morgan fingerprint density at radius 3 is 2.62 bits per heavy atom. The minimum absolute atomic E-state index is 0.0237. The van der Waals surface area contributed by atoms with E-state index in [2.05, 4.69) is 60.1 Å². The van der Waals surface area contributed by atoms with Crippen molar-refractivity contribution >= 4 is 5.96 Å². The molecule has 0 bridgehead atoms. The van der Waals surface area contributed by atoms with Crippen LogP contribution in [0.25, 0.3) is 0 Å². The van der Waals surface area contributed by atoms with Crippen molar-refractivity contribution in [2.75, 3.05) is 26.2 Å². The summed E-state index contributed by atoms with van der Waals surface area (Å²) in [6.45, 7) is 15.0. The van der Waals surface area contributed by atoms with E-state index in [9.17, 15) is 0 Å². The van der Waals surface area contributed by atoms with Gasteiger partial charge in [-0.2, -0.15) is 0 Å². The van der Waals surface area contributed by atoms with E-state index in [-0.39, 0.29) is 5.41 Å². The molecule has 1 heterocycles. The van der Waals surface area contributed by atoms with Crippen LogP contribution in [-0.4, -0.2) is 48.1 Å². The molecule has 1 aromatic heterocycles. The number of likely N-dealkylation sites (N-methyl/N-ethyl adjacent to an activating group) is 1. The van der Waals surface area contributed by atoms with Crippen LogP contribution in [0.5, 0.6) is 0 Å². The normalized spacial score (nSPS) is 15.8. The second-order valence-electron chi connectivity index (χ2n) is 7.35. The topological polar surface area (TPSA) is 65.7 Å². The van der Waals surface area contributed by atoms with Gasteiger partial charge in [-0.05, 0) is 26.3 Å². The molecule has 0 aliphatic heterocycles. The molecule has 1 saturated carbocycles. The summed E-state index contributed by atoms with van der Waals surface area (Å²) in [4.78, 5) is 11.4. The van der Waals surface area contributed by atoms with Crippen LogP contribution >= 0.6 is 0 Å². The highest BCUT2D eigenvalue weighted by Gasteiger charge is 2.27. The third-order valence-electron chi connectivity index (χ3n) is 4.17. The maximum atomic E-state index is 5.79. The number of nitrogens with zero attached hydrogens (tertiary/aromatic N) is 3. The summed E-state index contributed by atoms with van der Waals surface area (Å²) in [5, 5.41) is 6.68. The predicted octanol–water partition coefficient (Wildman–Crippen LogP) is 2.51. The van der Waals surface area contributed by atoms with Crippen molar-refractivity contribution in [3.05, 3.63) is 17.8 Å². The fourth-order valence-corrected chi connectivity index (χ4v) is 2.58. The maximum absolute atomic E-state index is 5.79. The monoisotopic (exact) mass is 335 g/mol. The number of hydrogen-bond donors (Lipinski definition) is 2. The second kappa shape index (κ2) is 8.51. The third-order valence-corrected chi connectivity index (χ3v) is 4.17. The first-order valence-corrected chi connectivity index (χ1v) is 9.15. The Balaban J connectivity index is 1.84. The lowest BCUT2D eigenvalue weighted by atomic mass is 9.94. The van der Waals surface area contributed by atoms with Crippen LogP contribution in [0.15, 0.2) is 15.6 Å². The summed E-state index contributed by atoms with van der Waals surface area (Å²) in [5.74, 6) is 2.37. The third kappa shape index (κ3) is 5.82. The van der Waals surface area contributed by atoms with Crippen LogP contribution in [0.2, 0.25) is 0 Å². The van der Waals surface area contributed by atoms with Crippen LogP contribution in [0.4, 0.5) is 0 Å². The maximum Gasteiger partial charge on any atom is 0.216 e. The van der Waals surface area contributed by atoms with Gasteiger partial charge in [0.05, 0.1) is 6.20 Å². The van der Waals surface area contributed by atoms with Crippen molar-refractivity contribution in [3.63, 3.8) is 0 Å². The average molecular weight is 335 g/mol. The van der Waals surface area contributed by atoms with Gasteiger partial charge in [0.25, 0.3) is 0 Å². The lowest BCUT2D eigenvalue weighted by Gasteiger charge is -2.20. The zero-order valence-electron chi connectivity index (χ0n) is 15.9. The molecule has 6 nitrogen and oxygen atoms in total. The van der Waals surface area contributed by atoms with Gasteiger partial charge in [-0.15, -0.1) is 0 Å². The lowest BCUT2D eigenvalue weighted by molar-refractivity contribution is 0.282. The van der Waals surface area contributed by atoms with Gasteiger partial charge in [0.1, 0.15) is 12.3 Å². The summed E-state index contributed by atoms with van der Waals surface area (Å²) >= 11 is 0. The van der Waals surface area contributed by atoms with Crippen LogP contribution < -0.4 is 10.6 Å². The van der Waals surface area contributed by atoms with Gasteiger partial charge in [-0.3, -0.25) is 4.90 Å². The van der Waals surface area contributed by atoms with Crippen molar-refractivity contribution in [2.24, 2.45) is 4.99 Å². The number of oxazole rings is 1. The second-order valence-corrected chi connectivity index (χ2v) is 7.35. The Morgan fingerprint density at radius 1 is 1.33 bits per heavy atom. The zero-order chi connectivity index (χ0) is 17.6. The van der Waals surface area contributed by atoms with Gasteiger partial charge >= 0.3 is 0 Å². The molecule has 1 aliphatic carbocycles. The van der Waals surface area contributed by atoms with E-state index in [1.54, 1.807) is 6.20 Å². The van der Waals surface area contributed by atoms with Crippen LogP contribution in [-0.2, 0) is 12.0 Å². The van der Waals surface area contributed by atoms with E-state index >= 15 is 0 Å². The first-order valence-electron chi connectivity index (χ1n) is 9.15. The Bertz CT molecular complexity index is 528. The van der Waals surface area contributed by atoms with Gasteiger partial charge in [-0.25, -0.2) is 9.98 Å². The molecule has 0 radical (unpaired) electrons. The molecule has 0 unspecified atom stereocenters. The van der Waals surface area contributed by atoms with Gasteiger partial charge in [0.2, 0.25) is 5.89 Å². The van der Waals surface area contributed by atoms with Crippen LogP contribution in [0.3, 0.4) is 0 Å².